The van der Waals surface area contributed by atoms with Gasteiger partial charge in [0.05, 0.1) is 35.2 Å². The number of nitro groups is 1. The Morgan fingerprint density at radius 1 is 0.935 bits per heavy atom. The summed E-state index contributed by atoms with van der Waals surface area (Å²) in [5.41, 5.74) is 1.71. The number of para-hydroxylation sites is 1. The van der Waals surface area contributed by atoms with Gasteiger partial charge in [-0.1, -0.05) is 45.9 Å². The molecular weight excluding hydrogens is 400 g/mol. The summed E-state index contributed by atoms with van der Waals surface area (Å²) >= 11 is 0. The molecule has 0 fully saturated rings. The lowest BCUT2D eigenvalue weighted by molar-refractivity contribution is -0.385. The van der Waals surface area contributed by atoms with Crippen molar-refractivity contribution < 1.29 is 24.0 Å². The first-order valence-corrected chi connectivity index (χ1v) is 10.7. The molecule has 0 amide bonds. The van der Waals surface area contributed by atoms with Crippen LogP contribution in [0.15, 0.2) is 46.8 Å². The van der Waals surface area contributed by atoms with Crippen LogP contribution in [0.4, 0.5) is 5.69 Å². The summed E-state index contributed by atoms with van der Waals surface area (Å²) in [5.74, 6) is -2.14. The lowest BCUT2D eigenvalue weighted by Gasteiger charge is -2.32. The summed E-state index contributed by atoms with van der Waals surface area (Å²) < 4.78 is 10.8. The molecule has 0 unspecified atom stereocenters. The van der Waals surface area contributed by atoms with Gasteiger partial charge in [0, 0.05) is 23.0 Å². The Hall–Kier alpha value is -3.16. The second kappa shape index (κ2) is 11.3. The van der Waals surface area contributed by atoms with Crippen molar-refractivity contribution in [3.05, 3.63) is 62.5 Å². The van der Waals surface area contributed by atoms with Gasteiger partial charge in [-0.25, -0.2) is 9.59 Å². The first kappa shape index (κ1) is 24.1. The van der Waals surface area contributed by atoms with E-state index in [-0.39, 0.29) is 35.6 Å². The molecule has 1 aliphatic heterocycles. The number of hydrogen-bond donors (Lipinski definition) is 1. The number of esters is 2. The summed E-state index contributed by atoms with van der Waals surface area (Å²) in [6, 6.07) is 6.17. The number of carbonyl (C=O) groups is 2. The fraction of sp³-hybridized carbons (Fsp3) is 0.478. The van der Waals surface area contributed by atoms with Crippen LogP contribution in [-0.2, 0) is 19.1 Å². The van der Waals surface area contributed by atoms with Crippen molar-refractivity contribution in [1.82, 2.24) is 5.32 Å². The van der Waals surface area contributed by atoms with Crippen LogP contribution >= 0.6 is 0 Å². The van der Waals surface area contributed by atoms with Crippen LogP contribution in [0.25, 0.3) is 0 Å². The van der Waals surface area contributed by atoms with Gasteiger partial charge in [0.2, 0.25) is 0 Å². The molecule has 168 valence electrons. The summed E-state index contributed by atoms with van der Waals surface area (Å²) in [5, 5.41) is 15.0. The highest BCUT2D eigenvalue weighted by Gasteiger charge is 2.41. The summed E-state index contributed by atoms with van der Waals surface area (Å²) in [6.07, 6.45) is 2.19. The van der Waals surface area contributed by atoms with E-state index in [1.54, 1.807) is 18.2 Å². The van der Waals surface area contributed by atoms with Crippen molar-refractivity contribution in [3.63, 3.8) is 0 Å². The smallest absolute Gasteiger partial charge is 0.336 e. The quantitative estimate of drug-likeness (QED) is 0.330. The van der Waals surface area contributed by atoms with Gasteiger partial charge >= 0.3 is 11.9 Å². The van der Waals surface area contributed by atoms with E-state index >= 15 is 0 Å². The lowest BCUT2D eigenvalue weighted by Crippen LogP contribution is -2.34. The van der Waals surface area contributed by atoms with Crippen LogP contribution in [0.1, 0.15) is 64.9 Å². The van der Waals surface area contributed by atoms with E-state index in [2.05, 4.69) is 5.32 Å². The molecule has 1 N–H and O–H groups in total. The number of hydrogen-bond acceptors (Lipinski definition) is 7. The van der Waals surface area contributed by atoms with E-state index < -0.39 is 22.8 Å². The molecule has 0 spiro atoms. The van der Waals surface area contributed by atoms with Crippen molar-refractivity contribution in [2.75, 3.05) is 13.2 Å². The van der Waals surface area contributed by atoms with E-state index in [1.165, 1.54) is 6.07 Å². The van der Waals surface area contributed by atoms with E-state index in [1.807, 2.05) is 27.7 Å². The van der Waals surface area contributed by atoms with Gasteiger partial charge in [-0.05, 0) is 25.7 Å². The average Bonchev–Trinajstić information content (AvgIpc) is 2.79. The Morgan fingerprint density at radius 3 is 1.84 bits per heavy atom. The average molecular weight is 431 g/mol. The number of dihydropyridines is 1. The van der Waals surface area contributed by atoms with Crippen LogP contribution in [0.5, 0.6) is 0 Å². The second-order valence-electron chi connectivity index (χ2n) is 7.14. The number of carbonyl (C=O) groups excluding carboxylic acids is 2. The number of ether oxygens (including phenoxy) is 2. The first-order valence-electron chi connectivity index (χ1n) is 10.7. The van der Waals surface area contributed by atoms with Crippen molar-refractivity contribution in [2.45, 2.75) is 59.3 Å². The highest BCUT2D eigenvalue weighted by molar-refractivity contribution is 6.00. The van der Waals surface area contributed by atoms with Gasteiger partial charge in [-0.2, -0.15) is 0 Å². The van der Waals surface area contributed by atoms with Crippen molar-refractivity contribution in [3.8, 4) is 0 Å². The van der Waals surface area contributed by atoms with Gasteiger partial charge in [-0.15, -0.1) is 0 Å². The monoisotopic (exact) mass is 430 g/mol. The van der Waals surface area contributed by atoms with Crippen molar-refractivity contribution in [1.29, 1.82) is 0 Å². The zero-order chi connectivity index (χ0) is 23.0. The predicted octanol–water partition coefficient (Wildman–Crippen LogP) is 4.52. The third kappa shape index (κ3) is 5.31. The molecular formula is C23H30N2O6. The van der Waals surface area contributed by atoms with Gasteiger partial charge in [0.15, 0.2) is 0 Å². The first-order chi connectivity index (χ1) is 14.9. The normalized spacial score (nSPS) is 14.3. The topological polar surface area (TPSA) is 108 Å². The van der Waals surface area contributed by atoms with E-state index in [4.69, 9.17) is 9.47 Å². The fourth-order valence-corrected chi connectivity index (χ4v) is 3.60. The molecule has 0 aromatic heterocycles. The number of allylic oxidation sites excluding steroid dienone is 2. The molecule has 0 saturated carbocycles. The van der Waals surface area contributed by atoms with Crippen molar-refractivity contribution >= 4 is 17.6 Å². The maximum absolute atomic E-state index is 13.1. The van der Waals surface area contributed by atoms with Gasteiger partial charge < -0.3 is 14.8 Å². The fourth-order valence-electron chi connectivity index (χ4n) is 3.60. The Morgan fingerprint density at radius 2 is 1.42 bits per heavy atom. The summed E-state index contributed by atoms with van der Waals surface area (Å²) in [6.45, 7) is 7.93. The minimum Gasteiger partial charge on any atom is -0.462 e. The molecule has 0 aliphatic carbocycles. The van der Waals surface area contributed by atoms with Crippen LogP contribution < -0.4 is 5.32 Å². The maximum Gasteiger partial charge on any atom is 0.336 e. The highest BCUT2D eigenvalue weighted by atomic mass is 16.6. The maximum atomic E-state index is 13.1. The van der Waals surface area contributed by atoms with Crippen LogP contribution in [0.2, 0.25) is 0 Å². The molecule has 8 heteroatoms. The van der Waals surface area contributed by atoms with Gasteiger partial charge in [-0.3, -0.25) is 10.1 Å². The molecule has 1 aromatic carbocycles. The number of nitrogens with one attached hydrogen (secondary N) is 1. The standard InChI is InChI=1S/C23H30N2O6/c1-5-13-30-22(26)20-16(7-3)24-17(8-4)21(23(27)31-14-6-2)19(20)15-11-9-10-12-18(15)25(28)29/h9-12,19,24H,5-8,13-14H2,1-4H3. The van der Waals surface area contributed by atoms with Crippen molar-refractivity contribution in [2.24, 2.45) is 0 Å². The molecule has 8 nitrogen and oxygen atoms in total. The van der Waals surface area contributed by atoms with Gasteiger partial charge in [0.25, 0.3) is 5.69 Å². The van der Waals surface area contributed by atoms with E-state index in [9.17, 15) is 19.7 Å². The molecule has 1 aromatic rings. The Bertz CT molecular complexity index is 859. The summed E-state index contributed by atoms with van der Waals surface area (Å²) in [4.78, 5) is 37.5. The van der Waals surface area contributed by atoms with Crippen LogP contribution in [-0.4, -0.2) is 30.1 Å². The Labute approximate surface area is 182 Å². The molecule has 1 heterocycles. The molecule has 31 heavy (non-hydrogen) atoms. The van der Waals surface area contributed by atoms with E-state index in [0.717, 1.165) is 0 Å². The number of nitro benzene ring substituents is 1. The summed E-state index contributed by atoms with van der Waals surface area (Å²) in [7, 11) is 0. The van der Waals surface area contributed by atoms with Crippen LogP contribution in [0.3, 0.4) is 0 Å². The zero-order valence-corrected chi connectivity index (χ0v) is 18.5. The third-order valence-electron chi connectivity index (χ3n) is 5.00. The largest absolute Gasteiger partial charge is 0.462 e. The SMILES string of the molecule is CCCOC(=O)C1=C(CC)NC(CC)=C(C(=O)OCCC)C1c1ccccc1[N+](=O)[O-]. The number of nitrogens with zero attached hydrogens (tertiary/aromatic N) is 1. The Kier molecular flexibility index (Phi) is 8.78. The Balaban J connectivity index is 2.78. The zero-order valence-electron chi connectivity index (χ0n) is 18.5. The van der Waals surface area contributed by atoms with Crippen LogP contribution in [0, 0.1) is 10.1 Å². The number of benzene rings is 1. The lowest BCUT2D eigenvalue weighted by atomic mass is 9.78. The molecule has 2 rings (SSSR count). The molecule has 0 radical (unpaired) electrons. The second-order valence-corrected chi connectivity index (χ2v) is 7.14. The predicted molar refractivity (Wildman–Crippen MR) is 116 cm³/mol. The molecule has 0 atom stereocenters. The van der Waals surface area contributed by atoms with E-state index in [0.29, 0.717) is 37.1 Å². The minimum atomic E-state index is -0.957. The number of rotatable bonds is 10. The highest BCUT2D eigenvalue weighted by Crippen LogP contribution is 2.43. The molecule has 1 aliphatic rings. The van der Waals surface area contributed by atoms with Gasteiger partial charge in [0.1, 0.15) is 0 Å². The minimum absolute atomic E-state index is 0.165. The molecule has 0 saturated heterocycles. The molecule has 0 bridgehead atoms. The third-order valence-corrected chi connectivity index (χ3v) is 5.00.